The highest BCUT2D eigenvalue weighted by molar-refractivity contribution is 6.31. The lowest BCUT2D eigenvalue weighted by atomic mass is 10.1. The van der Waals surface area contributed by atoms with Crippen molar-refractivity contribution in [2.24, 2.45) is 5.73 Å². The fraction of sp³-hybridized carbons (Fsp3) is 0.385. The molecule has 2 aromatic heterocycles. The zero-order valence-corrected chi connectivity index (χ0v) is 11.5. The van der Waals surface area contributed by atoms with E-state index < -0.39 is 0 Å². The van der Waals surface area contributed by atoms with Gasteiger partial charge in [0.25, 0.3) is 0 Å². The van der Waals surface area contributed by atoms with E-state index in [9.17, 15) is 0 Å². The summed E-state index contributed by atoms with van der Waals surface area (Å²) >= 11 is 6.20. The van der Waals surface area contributed by atoms with Crippen LogP contribution in [0.4, 0.5) is 0 Å². The standard InChI is InChI=1S/C13H17ClN4/c1-8(2)18-13(10(14)7-17-18)11(15)12-9(3)5-4-6-16-12/h4-8,11H,15H2,1-3H3. The van der Waals surface area contributed by atoms with Crippen molar-refractivity contribution in [2.45, 2.75) is 32.9 Å². The van der Waals surface area contributed by atoms with Crippen molar-refractivity contribution in [3.63, 3.8) is 0 Å². The first-order valence-corrected chi connectivity index (χ1v) is 6.30. The fourth-order valence-corrected chi connectivity index (χ4v) is 2.25. The predicted molar refractivity (Wildman–Crippen MR) is 72.6 cm³/mol. The van der Waals surface area contributed by atoms with E-state index in [0.717, 1.165) is 17.0 Å². The average Bonchev–Trinajstić information content (AvgIpc) is 2.71. The number of halogens is 1. The van der Waals surface area contributed by atoms with Crippen LogP contribution in [0.3, 0.4) is 0 Å². The molecule has 5 heteroatoms. The Hall–Kier alpha value is -1.39. The van der Waals surface area contributed by atoms with E-state index in [-0.39, 0.29) is 12.1 Å². The van der Waals surface area contributed by atoms with Crippen molar-refractivity contribution in [3.05, 3.63) is 46.5 Å². The molecule has 2 N–H and O–H groups in total. The molecule has 2 heterocycles. The Balaban J connectivity index is 2.49. The summed E-state index contributed by atoms with van der Waals surface area (Å²) in [4.78, 5) is 4.35. The Kier molecular flexibility index (Phi) is 3.68. The molecule has 2 aromatic rings. The minimum atomic E-state index is -0.358. The van der Waals surface area contributed by atoms with Crippen LogP contribution in [0.25, 0.3) is 0 Å². The topological polar surface area (TPSA) is 56.7 Å². The summed E-state index contributed by atoms with van der Waals surface area (Å²) < 4.78 is 1.85. The SMILES string of the molecule is Cc1cccnc1C(N)c1c(Cl)cnn1C(C)C. The van der Waals surface area contributed by atoms with Gasteiger partial charge in [-0.25, -0.2) is 0 Å². The molecule has 4 nitrogen and oxygen atoms in total. The zero-order valence-electron chi connectivity index (χ0n) is 10.8. The number of nitrogens with zero attached hydrogens (tertiary/aromatic N) is 3. The number of rotatable bonds is 3. The van der Waals surface area contributed by atoms with Gasteiger partial charge in [0.15, 0.2) is 0 Å². The van der Waals surface area contributed by atoms with E-state index >= 15 is 0 Å². The molecule has 0 aliphatic carbocycles. The van der Waals surface area contributed by atoms with Gasteiger partial charge in [-0.05, 0) is 32.4 Å². The van der Waals surface area contributed by atoms with Gasteiger partial charge >= 0.3 is 0 Å². The lowest BCUT2D eigenvalue weighted by Crippen LogP contribution is -2.21. The Morgan fingerprint density at radius 1 is 1.39 bits per heavy atom. The van der Waals surface area contributed by atoms with Gasteiger partial charge in [-0.3, -0.25) is 9.67 Å². The molecule has 96 valence electrons. The third-order valence-corrected chi connectivity index (χ3v) is 3.21. The van der Waals surface area contributed by atoms with E-state index in [0.29, 0.717) is 5.02 Å². The number of pyridine rings is 1. The smallest absolute Gasteiger partial charge is 0.0915 e. The number of aromatic nitrogens is 3. The predicted octanol–water partition coefficient (Wildman–Crippen LogP) is 2.87. The van der Waals surface area contributed by atoms with Gasteiger partial charge < -0.3 is 5.73 Å². The summed E-state index contributed by atoms with van der Waals surface area (Å²) in [5.41, 5.74) is 8.99. The summed E-state index contributed by atoms with van der Waals surface area (Å²) in [5.74, 6) is 0. The lowest BCUT2D eigenvalue weighted by molar-refractivity contribution is 0.497. The third-order valence-electron chi connectivity index (χ3n) is 2.92. The first-order valence-electron chi connectivity index (χ1n) is 5.92. The molecule has 0 radical (unpaired) electrons. The van der Waals surface area contributed by atoms with Crippen LogP contribution in [0.1, 0.15) is 42.9 Å². The molecule has 0 aliphatic rings. The molecule has 0 fully saturated rings. The summed E-state index contributed by atoms with van der Waals surface area (Å²) in [6.07, 6.45) is 3.38. The van der Waals surface area contributed by atoms with Gasteiger partial charge in [-0.1, -0.05) is 17.7 Å². The maximum atomic E-state index is 6.29. The monoisotopic (exact) mass is 264 g/mol. The minimum absolute atomic E-state index is 0.211. The molecule has 0 aliphatic heterocycles. The highest BCUT2D eigenvalue weighted by Gasteiger charge is 2.22. The molecule has 18 heavy (non-hydrogen) atoms. The molecule has 1 unspecified atom stereocenters. The molecule has 0 amide bonds. The van der Waals surface area contributed by atoms with Gasteiger partial charge in [-0.2, -0.15) is 5.10 Å². The van der Waals surface area contributed by atoms with E-state index in [1.807, 2.05) is 37.6 Å². The Bertz CT molecular complexity index is 548. The van der Waals surface area contributed by atoms with Gasteiger partial charge in [0.2, 0.25) is 0 Å². The summed E-state index contributed by atoms with van der Waals surface area (Å²) in [6, 6.07) is 3.74. The first kappa shape index (κ1) is 13.1. The second-order valence-corrected chi connectivity index (χ2v) is 5.01. The van der Waals surface area contributed by atoms with Crippen molar-refractivity contribution in [2.75, 3.05) is 0 Å². The Morgan fingerprint density at radius 2 is 2.11 bits per heavy atom. The normalized spacial score (nSPS) is 13.0. The third kappa shape index (κ3) is 2.26. The van der Waals surface area contributed by atoms with Crippen molar-refractivity contribution in [1.29, 1.82) is 0 Å². The summed E-state index contributed by atoms with van der Waals surface area (Å²) in [5, 5.41) is 4.85. The summed E-state index contributed by atoms with van der Waals surface area (Å²) in [6.45, 7) is 6.09. The highest BCUT2D eigenvalue weighted by Crippen LogP contribution is 2.28. The summed E-state index contributed by atoms with van der Waals surface area (Å²) in [7, 11) is 0. The van der Waals surface area contributed by atoms with E-state index in [1.54, 1.807) is 12.4 Å². The largest absolute Gasteiger partial charge is 0.318 e. The van der Waals surface area contributed by atoms with Gasteiger partial charge in [0, 0.05) is 12.2 Å². The van der Waals surface area contributed by atoms with E-state index in [4.69, 9.17) is 17.3 Å². The molecule has 0 bridgehead atoms. The highest BCUT2D eigenvalue weighted by atomic mass is 35.5. The number of hydrogen-bond donors (Lipinski definition) is 1. The van der Waals surface area contributed by atoms with Crippen molar-refractivity contribution in [3.8, 4) is 0 Å². The molecule has 0 spiro atoms. The van der Waals surface area contributed by atoms with Crippen LogP contribution in [-0.4, -0.2) is 14.8 Å². The van der Waals surface area contributed by atoms with Crippen LogP contribution in [0, 0.1) is 6.92 Å². The molecule has 2 rings (SSSR count). The van der Waals surface area contributed by atoms with Crippen LogP contribution in [-0.2, 0) is 0 Å². The Labute approximate surface area is 112 Å². The van der Waals surface area contributed by atoms with Crippen LogP contribution in [0.2, 0.25) is 5.02 Å². The van der Waals surface area contributed by atoms with Crippen molar-refractivity contribution >= 4 is 11.6 Å². The molecule has 0 saturated carbocycles. The van der Waals surface area contributed by atoms with E-state index in [1.165, 1.54) is 0 Å². The second kappa shape index (κ2) is 5.08. The maximum Gasteiger partial charge on any atom is 0.0915 e. The molecule has 1 atom stereocenters. The molecule has 0 aromatic carbocycles. The van der Waals surface area contributed by atoms with Crippen molar-refractivity contribution in [1.82, 2.24) is 14.8 Å². The van der Waals surface area contributed by atoms with Gasteiger partial charge in [-0.15, -0.1) is 0 Å². The number of aryl methyl sites for hydroxylation is 1. The quantitative estimate of drug-likeness (QED) is 0.927. The fourth-order valence-electron chi connectivity index (χ4n) is 2.01. The van der Waals surface area contributed by atoms with Crippen LogP contribution in [0.15, 0.2) is 24.5 Å². The number of nitrogens with two attached hydrogens (primary N) is 1. The average molecular weight is 265 g/mol. The van der Waals surface area contributed by atoms with Crippen LogP contribution >= 0.6 is 11.6 Å². The second-order valence-electron chi connectivity index (χ2n) is 4.60. The van der Waals surface area contributed by atoms with Gasteiger partial charge in [0.1, 0.15) is 0 Å². The number of hydrogen-bond acceptors (Lipinski definition) is 3. The molecular weight excluding hydrogens is 248 g/mol. The Morgan fingerprint density at radius 3 is 2.72 bits per heavy atom. The van der Waals surface area contributed by atoms with Crippen LogP contribution in [0.5, 0.6) is 0 Å². The van der Waals surface area contributed by atoms with Crippen LogP contribution < -0.4 is 5.73 Å². The van der Waals surface area contributed by atoms with Gasteiger partial charge in [0.05, 0.1) is 28.6 Å². The maximum absolute atomic E-state index is 6.29. The molecule has 0 saturated heterocycles. The zero-order chi connectivity index (χ0) is 13.3. The van der Waals surface area contributed by atoms with E-state index in [2.05, 4.69) is 10.1 Å². The minimum Gasteiger partial charge on any atom is -0.318 e. The molecular formula is C13H17ClN4. The van der Waals surface area contributed by atoms with Crippen molar-refractivity contribution < 1.29 is 0 Å². The first-order chi connectivity index (χ1) is 8.52. The lowest BCUT2D eigenvalue weighted by Gasteiger charge is -2.18.